The molecular weight excluding hydrogens is 274 g/mol. The van der Waals surface area contributed by atoms with Crippen LogP contribution in [-0.4, -0.2) is 35.4 Å². The van der Waals surface area contributed by atoms with E-state index < -0.39 is 0 Å². The summed E-state index contributed by atoms with van der Waals surface area (Å²) in [7, 11) is 0. The number of rotatable bonds is 2. The smallest absolute Gasteiger partial charge is 0.255 e. The van der Waals surface area contributed by atoms with E-state index in [1.54, 1.807) is 12.4 Å². The zero-order chi connectivity index (χ0) is 14.9. The SMILES string of the molecule is O=C(c1cccnc1)N1C[C@@H]2CNC[C@@H]2[C@@H]1c1ccccc1. The Bertz CT molecular complexity index is 659. The van der Waals surface area contributed by atoms with Crippen LogP contribution in [0.3, 0.4) is 0 Å². The predicted molar refractivity (Wildman–Crippen MR) is 84.3 cm³/mol. The number of nitrogens with zero attached hydrogens (tertiary/aromatic N) is 2. The Hall–Kier alpha value is -2.20. The molecule has 1 N–H and O–H groups in total. The molecule has 4 nitrogen and oxygen atoms in total. The average Bonchev–Trinajstić information content (AvgIpc) is 3.16. The van der Waals surface area contributed by atoms with Crippen LogP contribution < -0.4 is 5.32 Å². The third-order valence-electron chi connectivity index (χ3n) is 4.88. The maximum atomic E-state index is 12.9. The molecule has 3 atom stereocenters. The van der Waals surface area contributed by atoms with E-state index in [0.29, 0.717) is 17.4 Å². The first-order valence-electron chi connectivity index (χ1n) is 7.81. The van der Waals surface area contributed by atoms with Crippen LogP contribution in [0.1, 0.15) is 22.0 Å². The molecule has 112 valence electrons. The number of likely N-dealkylation sites (tertiary alicyclic amines) is 1. The number of hydrogen-bond donors (Lipinski definition) is 1. The number of aromatic nitrogens is 1. The summed E-state index contributed by atoms with van der Waals surface area (Å²) in [6.07, 6.45) is 3.37. The average molecular weight is 293 g/mol. The minimum Gasteiger partial charge on any atom is -0.331 e. The van der Waals surface area contributed by atoms with Crippen molar-refractivity contribution in [1.82, 2.24) is 15.2 Å². The van der Waals surface area contributed by atoms with Gasteiger partial charge >= 0.3 is 0 Å². The summed E-state index contributed by atoms with van der Waals surface area (Å²) in [5, 5.41) is 3.47. The van der Waals surface area contributed by atoms with Crippen LogP contribution in [0.4, 0.5) is 0 Å². The highest BCUT2D eigenvalue weighted by Crippen LogP contribution is 2.43. The molecule has 1 aromatic carbocycles. The highest BCUT2D eigenvalue weighted by Gasteiger charge is 2.46. The van der Waals surface area contributed by atoms with Gasteiger partial charge in [0.1, 0.15) is 0 Å². The summed E-state index contributed by atoms with van der Waals surface area (Å²) >= 11 is 0. The molecule has 0 bridgehead atoms. The summed E-state index contributed by atoms with van der Waals surface area (Å²) in [4.78, 5) is 19.1. The topological polar surface area (TPSA) is 45.2 Å². The molecule has 4 rings (SSSR count). The monoisotopic (exact) mass is 293 g/mol. The highest BCUT2D eigenvalue weighted by molar-refractivity contribution is 5.94. The molecule has 0 radical (unpaired) electrons. The zero-order valence-corrected chi connectivity index (χ0v) is 12.4. The number of amides is 1. The fourth-order valence-electron chi connectivity index (χ4n) is 3.86. The predicted octanol–water partition coefficient (Wildman–Crippen LogP) is 2.11. The molecule has 2 aliphatic rings. The lowest BCUT2D eigenvalue weighted by atomic mass is 9.89. The van der Waals surface area contributed by atoms with Gasteiger partial charge in [-0.05, 0) is 23.6 Å². The lowest BCUT2D eigenvalue weighted by Gasteiger charge is -2.28. The van der Waals surface area contributed by atoms with Crippen LogP contribution in [0.5, 0.6) is 0 Å². The fraction of sp³-hybridized carbons (Fsp3) is 0.333. The maximum Gasteiger partial charge on any atom is 0.255 e. The standard InChI is InChI=1S/C18H19N3O/c22-18(14-7-4-8-19-9-14)21-12-15-10-20-11-16(15)17(21)13-5-2-1-3-6-13/h1-9,15-17,20H,10-12H2/t15-,16-,17-/m0/s1. The van der Waals surface area contributed by atoms with Gasteiger partial charge in [0.05, 0.1) is 11.6 Å². The lowest BCUT2D eigenvalue weighted by molar-refractivity contribution is 0.0713. The van der Waals surface area contributed by atoms with Crippen molar-refractivity contribution in [2.45, 2.75) is 6.04 Å². The van der Waals surface area contributed by atoms with Crippen LogP contribution in [0.2, 0.25) is 0 Å². The first kappa shape index (κ1) is 13.5. The van der Waals surface area contributed by atoms with E-state index in [1.807, 2.05) is 23.1 Å². The molecule has 0 spiro atoms. The molecule has 2 saturated heterocycles. The Balaban J connectivity index is 1.70. The van der Waals surface area contributed by atoms with Crippen LogP contribution >= 0.6 is 0 Å². The van der Waals surface area contributed by atoms with E-state index in [1.165, 1.54) is 5.56 Å². The first-order valence-corrected chi connectivity index (χ1v) is 7.81. The van der Waals surface area contributed by atoms with Gasteiger partial charge in [0.2, 0.25) is 0 Å². The van der Waals surface area contributed by atoms with E-state index in [-0.39, 0.29) is 11.9 Å². The molecule has 1 amide bonds. The Labute approximate surface area is 130 Å². The summed E-state index contributed by atoms with van der Waals surface area (Å²) < 4.78 is 0. The molecule has 3 heterocycles. The third kappa shape index (κ3) is 2.20. The summed E-state index contributed by atoms with van der Waals surface area (Å²) in [6.45, 7) is 2.82. The number of pyridine rings is 1. The molecule has 0 unspecified atom stereocenters. The molecule has 4 heteroatoms. The lowest BCUT2D eigenvalue weighted by Crippen LogP contribution is -2.34. The first-order chi connectivity index (χ1) is 10.8. The summed E-state index contributed by atoms with van der Waals surface area (Å²) in [5.41, 5.74) is 1.91. The Morgan fingerprint density at radius 2 is 2.00 bits per heavy atom. The number of carbonyl (C=O) groups excluding carboxylic acids is 1. The van der Waals surface area contributed by atoms with Gasteiger partial charge in [-0.15, -0.1) is 0 Å². The minimum absolute atomic E-state index is 0.0938. The molecule has 2 fully saturated rings. The van der Waals surface area contributed by atoms with Crippen molar-refractivity contribution in [3.05, 3.63) is 66.0 Å². The largest absolute Gasteiger partial charge is 0.331 e. The van der Waals surface area contributed by atoms with Crippen molar-refractivity contribution < 1.29 is 4.79 Å². The van der Waals surface area contributed by atoms with Crippen molar-refractivity contribution in [2.24, 2.45) is 11.8 Å². The summed E-state index contributed by atoms with van der Waals surface area (Å²) in [5.74, 6) is 1.14. The number of fused-ring (bicyclic) bond motifs is 1. The minimum atomic E-state index is 0.0938. The van der Waals surface area contributed by atoms with Crippen molar-refractivity contribution in [1.29, 1.82) is 0 Å². The normalized spacial score (nSPS) is 26.9. The van der Waals surface area contributed by atoms with Gasteiger partial charge in [-0.1, -0.05) is 30.3 Å². The van der Waals surface area contributed by atoms with Gasteiger partial charge in [-0.3, -0.25) is 9.78 Å². The second kappa shape index (κ2) is 5.54. The van der Waals surface area contributed by atoms with E-state index in [4.69, 9.17) is 0 Å². The quantitative estimate of drug-likeness (QED) is 0.922. The van der Waals surface area contributed by atoms with Crippen molar-refractivity contribution >= 4 is 5.91 Å². The van der Waals surface area contributed by atoms with Gasteiger partial charge in [-0.2, -0.15) is 0 Å². The number of benzene rings is 1. The molecule has 2 aromatic rings. The molecule has 0 aliphatic carbocycles. The Morgan fingerprint density at radius 3 is 2.77 bits per heavy atom. The van der Waals surface area contributed by atoms with E-state index in [0.717, 1.165) is 19.6 Å². The van der Waals surface area contributed by atoms with Gasteiger partial charge in [0.25, 0.3) is 5.91 Å². The molecular formula is C18H19N3O. The maximum absolute atomic E-state index is 12.9. The van der Waals surface area contributed by atoms with Gasteiger partial charge in [-0.25, -0.2) is 0 Å². The number of carbonyl (C=O) groups is 1. The Morgan fingerprint density at radius 1 is 1.14 bits per heavy atom. The van der Waals surface area contributed by atoms with Crippen LogP contribution in [0.25, 0.3) is 0 Å². The zero-order valence-electron chi connectivity index (χ0n) is 12.4. The fourth-order valence-corrected chi connectivity index (χ4v) is 3.86. The van der Waals surface area contributed by atoms with Crippen LogP contribution in [-0.2, 0) is 0 Å². The molecule has 2 aliphatic heterocycles. The third-order valence-corrected chi connectivity index (χ3v) is 4.88. The number of nitrogens with one attached hydrogen (secondary N) is 1. The van der Waals surface area contributed by atoms with E-state index in [2.05, 4.69) is 34.6 Å². The second-order valence-electron chi connectivity index (χ2n) is 6.14. The second-order valence-corrected chi connectivity index (χ2v) is 6.14. The van der Waals surface area contributed by atoms with Crippen molar-refractivity contribution in [3.8, 4) is 0 Å². The van der Waals surface area contributed by atoms with Crippen molar-refractivity contribution in [2.75, 3.05) is 19.6 Å². The van der Waals surface area contributed by atoms with E-state index >= 15 is 0 Å². The number of hydrogen-bond acceptors (Lipinski definition) is 3. The molecule has 22 heavy (non-hydrogen) atoms. The van der Waals surface area contributed by atoms with Crippen LogP contribution in [0, 0.1) is 11.8 Å². The van der Waals surface area contributed by atoms with Gasteiger partial charge in [0, 0.05) is 37.9 Å². The van der Waals surface area contributed by atoms with Gasteiger partial charge in [0.15, 0.2) is 0 Å². The molecule has 1 aromatic heterocycles. The van der Waals surface area contributed by atoms with Gasteiger partial charge < -0.3 is 10.2 Å². The van der Waals surface area contributed by atoms with Crippen molar-refractivity contribution in [3.63, 3.8) is 0 Å². The van der Waals surface area contributed by atoms with E-state index in [9.17, 15) is 4.79 Å². The summed E-state index contributed by atoms with van der Waals surface area (Å²) in [6, 6.07) is 14.2. The Kier molecular flexibility index (Phi) is 3.39. The molecule has 0 saturated carbocycles. The highest BCUT2D eigenvalue weighted by atomic mass is 16.2. The van der Waals surface area contributed by atoms with Crippen LogP contribution in [0.15, 0.2) is 54.9 Å².